The summed E-state index contributed by atoms with van der Waals surface area (Å²) in [5.41, 5.74) is 0.877. The number of fused-ring (bicyclic) bond motifs is 1. The van der Waals surface area contributed by atoms with Crippen molar-refractivity contribution in [2.75, 3.05) is 24.9 Å². The number of nitrogens with one attached hydrogen (secondary N) is 2. The topological polar surface area (TPSA) is 112 Å². The van der Waals surface area contributed by atoms with Crippen molar-refractivity contribution in [3.8, 4) is 23.1 Å². The Balaban J connectivity index is 1.27. The Morgan fingerprint density at radius 3 is 2.05 bits per heavy atom. The van der Waals surface area contributed by atoms with Gasteiger partial charge in [-0.05, 0) is 61.4 Å². The van der Waals surface area contributed by atoms with Crippen LogP contribution in [-0.4, -0.2) is 36.0 Å². The quantitative estimate of drug-likeness (QED) is 0.329. The molecule has 2 amide bonds. The third-order valence-corrected chi connectivity index (χ3v) is 6.08. The summed E-state index contributed by atoms with van der Waals surface area (Å²) in [6.45, 7) is 0. The van der Waals surface area contributed by atoms with Crippen molar-refractivity contribution < 1.29 is 28.2 Å². The van der Waals surface area contributed by atoms with Gasteiger partial charge in [0.15, 0.2) is 11.5 Å². The second-order valence-electron chi connectivity index (χ2n) is 8.50. The highest BCUT2D eigenvalue weighted by molar-refractivity contribution is 6.16. The maximum Gasteiger partial charge on any atom is 0.257 e. The van der Waals surface area contributed by atoms with Crippen LogP contribution in [0.2, 0.25) is 0 Å². The summed E-state index contributed by atoms with van der Waals surface area (Å²) in [5.74, 6) is 0.529. The number of nitrogens with zero attached hydrogens (tertiary/aromatic N) is 2. The summed E-state index contributed by atoms with van der Waals surface area (Å²) >= 11 is 0. The van der Waals surface area contributed by atoms with E-state index in [1.807, 2.05) is 0 Å². The van der Waals surface area contributed by atoms with Gasteiger partial charge in [0.05, 0.1) is 19.7 Å². The van der Waals surface area contributed by atoms with E-state index in [0.717, 1.165) is 0 Å². The molecule has 2 aromatic carbocycles. The second-order valence-corrected chi connectivity index (χ2v) is 8.50. The average molecular weight is 503 g/mol. The lowest BCUT2D eigenvalue weighted by atomic mass is 10.0. The van der Waals surface area contributed by atoms with Crippen LogP contribution in [0.15, 0.2) is 66.9 Å². The maximum absolute atomic E-state index is 13.1. The van der Waals surface area contributed by atoms with Gasteiger partial charge in [-0.3, -0.25) is 14.6 Å². The van der Waals surface area contributed by atoms with Crippen molar-refractivity contribution in [1.29, 1.82) is 0 Å². The molecule has 1 saturated carbocycles. The van der Waals surface area contributed by atoms with Gasteiger partial charge < -0.3 is 24.8 Å². The first-order chi connectivity index (χ1) is 17.9. The zero-order chi connectivity index (χ0) is 26.0. The molecule has 2 N–H and O–H groups in total. The van der Waals surface area contributed by atoms with Crippen LogP contribution in [0, 0.1) is 11.2 Å². The van der Waals surface area contributed by atoms with E-state index in [9.17, 15) is 14.0 Å². The molecule has 2 heterocycles. The third-order valence-electron chi connectivity index (χ3n) is 6.08. The van der Waals surface area contributed by atoms with Gasteiger partial charge in [-0.1, -0.05) is 0 Å². The molecule has 1 aliphatic carbocycles. The van der Waals surface area contributed by atoms with Crippen molar-refractivity contribution in [2.45, 2.75) is 12.8 Å². The molecule has 188 valence electrons. The first-order valence-corrected chi connectivity index (χ1v) is 11.5. The van der Waals surface area contributed by atoms with Crippen LogP contribution in [0.3, 0.4) is 0 Å². The molecule has 4 aromatic rings. The molecule has 9 nitrogen and oxygen atoms in total. The smallest absolute Gasteiger partial charge is 0.257 e. The van der Waals surface area contributed by atoms with Gasteiger partial charge in [0.1, 0.15) is 22.5 Å². The Labute approximate surface area is 211 Å². The molecule has 0 bridgehead atoms. The van der Waals surface area contributed by atoms with Crippen molar-refractivity contribution >= 4 is 34.2 Å². The molecule has 0 spiro atoms. The molecule has 0 radical (unpaired) electrons. The number of pyridine rings is 2. The molecular weight excluding hydrogens is 479 g/mol. The zero-order valence-corrected chi connectivity index (χ0v) is 20.1. The Morgan fingerprint density at radius 1 is 0.865 bits per heavy atom. The SMILES string of the molecule is COc1cc2nccc(Oc3ccc(NC(=O)C4(C(=O)Nc5ccc(F)cc5)CC4)cc3)c2nc1OC. The monoisotopic (exact) mass is 502 g/mol. The molecule has 1 aliphatic rings. The highest BCUT2D eigenvalue weighted by atomic mass is 19.1. The Morgan fingerprint density at radius 2 is 1.49 bits per heavy atom. The zero-order valence-electron chi connectivity index (χ0n) is 20.1. The number of rotatable bonds is 8. The van der Waals surface area contributed by atoms with E-state index in [2.05, 4.69) is 20.6 Å². The fourth-order valence-electron chi connectivity index (χ4n) is 3.84. The molecular formula is C27H23FN4O5. The van der Waals surface area contributed by atoms with Gasteiger partial charge in [-0.25, -0.2) is 9.37 Å². The lowest BCUT2D eigenvalue weighted by molar-refractivity contribution is -0.131. The lowest BCUT2D eigenvalue weighted by Gasteiger charge is -2.16. The number of carbonyl (C=O) groups is 2. The Bertz CT molecular complexity index is 1470. The van der Waals surface area contributed by atoms with Crippen LogP contribution in [0.25, 0.3) is 11.0 Å². The summed E-state index contributed by atoms with van der Waals surface area (Å²) in [6.07, 6.45) is 2.47. The van der Waals surface area contributed by atoms with Crippen molar-refractivity contribution in [3.63, 3.8) is 0 Å². The average Bonchev–Trinajstić information content (AvgIpc) is 3.73. The van der Waals surface area contributed by atoms with E-state index in [-0.39, 0.29) is 0 Å². The molecule has 37 heavy (non-hydrogen) atoms. The van der Waals surface area contributed by atoms with E-state index in [4.69, 9.17) is 14.2 Å². The van der Waals surface area contributed by atoms with Gasteiger partial charge in [0.2, 0.25) is 11.8 Å². The van der Waals surface area contributed by atoms with Crippen LogP contribution in [-0.2, 0) is 9.59 Å². The first-order valence-electron chi connectivity index (χ1n) is 11.5. The van der Waals surface area contributed by atoms with Crippen LogP contribution in [0.5, 0.6) is 23.1 Å². The molecule has 1 fully saturated rings. The molecule has 5 rings (SSSR count). The van der Waals surface area contributed by atoms with E-state index in [1.165, 1.54) is 38.5 Å². The number of anilines is 2. The Kier molecular flexibility index (Phi) is 6.31. The number of ether oxygens (including phenoxy) is 3. The minimum Gasteiger partial charge on any atom is -0.491 e. The number of methoxy groups -OCH3 is 2. The van der Waals surface area contributed by atoms with Crippen molar-refractivity contribution in [3.05, 3.63) is 72.7 Å². The highest BCUT2D eigenvalue weighted by Gasteiger charge is 2.56. The molecule has 0 aliphatic heterocycles. The van der Waals surface area contributed by atoms with Gasteiger partial charge in [0, 0.05) is 29.7 Å². The minimum atomic E-state index is -1.15. The summed E-state index contributed by atoms with van der Waals surface area (Å²) in [7, 11) is 3.02. The Hall–Kier alpha value is -4.73. The minimum absolute atomic E-state index is 0.309. The highest BCUT2D eigenvalue weighted by Crippen LogP contribution is 2.47. The summed E-state index contributed by atoms with van der Waals surface area (Å²) in [5, 5.41) is 5.49. The van der Waals surface area contributed by atoms with E-state index >= 15 is 0 Å². The maximum atomic E-state index is 13.1. The number of hydrogen-bond acceptors (Lipinski definition) is 7. The van der Waals surface area contributed by atoms with Crippen LogP contribution < -0.4 is 24.8 Å². The van der Waals surface area contributed by atoms with Gasteiger partial charge in [-0.2, -0.15) is 0 Å². The standard InChI is InChI=1S/C27H23FN4O5/c1-35-22-15-20-23(32-24(22)36-2)21(11-14-29-20)37-19-9-7-18(8-10-19)31-26(34)27(12-13-27)25(33)30-17-5-3-16(28)4-6-17/h3-11,14-15H,12-13H2,1-2H3,(H,30,33)(H,31,34). The normalized spacial score (nSPS) is 13.5. The van der Waals surface area contributed by atoms with E-state index < -0.39 is 23.0 Å². The molecule has 10 heteroatoms. The van der Waals surface area contributed by atoms with Crippen molar-refractivity contribution in [1.82, 2.24) is 9.97 Å². The lowest BCUT2D eigenvalue weighted by Crippen LogP contribution is -2.35. The largest absolute Gasteiger partial charge is 0.491 e. The van der Waals surface area contributed by atoms with Crippen LogP contribution >= 0.6 is 0 Å². The predicted octanol–water partition coefficient (Wildman–Crippen LogP) is 4.94. The van der Waals surface area contributed by atoms with Gasteiger partial charge in [-0.15, -0.1) is 0 Å². The molecule has 0 unspecified atom stereocenters. The van der Waals surface area contributed by atoms with Crippen LogP contribution in [0.1, 0.15) is 12.8 Å². The van der Waals surface area contributed by atoms with Gasteiger partial charge >= 0.3 is 0 Å². The fraction of sp³-hybridized carbons (Fsp3) is 0.185. The number of carbonyl (C=O) groups excluding carboxylic acids is 2. The van der Waals surface area contributed by atoms with E-state index in [0.29, 0.717) is 58.4 Å². The summed E-state index contributed by atoms with van der Waals surface area (Å²) in [6, 6.07) is 15.6. The van der Waals surface area contributed by atoms with E-state index in [1.54, 1.807) is 42.6 Å². The first kappa shape index (κ1) is 24.0. The number of aromatic nitrogens is 2. The summed E-state index contributed by atoms with van der Waals surface area (Å²) < 4.78 is 29.7. The molecule has 0 atom stereocenters. The number of halogens is 1. The number of hydrogen-bond donors (Lipinski definition) is 2. The fourth-order valence-corrected chi connectivity index (χ4v) is 3.84. The van der Waals surface area contributed by atoms with Gasteiger partial charge in [0.25, 0.3) is 5.88 Å². The molecule has 0 saturated heterocycles. The molecule has 2 aromatic heterocycles. The number of amides is 2. The second kappa shape index (κ2) is 9.73. The summed E-state index contributed by atoms with van der Waals surface area (Å²) in [4.78, 5) is 34.4. The predicted molar refractivity (Wildman–Crippen MR) is 134 cm³/mol. The number of benzene rings is 2. The van der Waals surface area contributed by atoms with Crippen LogP contribution in [0.4, 0.5) is 15.8 Å². The van der Waals surface area contributed by atoms with Crippen molar-refractivity contribution in [2.24, 2.45) is 5.41 Å². The third kappa shape index (κ3) is 4.86.